The van der Waals surface area contributed by atoms with Gasteiger partial charge in [0.05, 0.1) is 11.9 Å². The molecule has 180 valence electrons. The second-order valence-electron chi connectivity index (χ2n) is 9.01. The average Bonchev–Trinajstić information content (AvgIpc) is 3.30. The molecule has 1 aliphatic rings. The van der Waals surface area contributed by atoms with Crippen LogP contribution in [-0.2, 0) is 0 Å². The van der Waals surface area contributed by atoms with Gasteiger partial charge in [0.25, 0.3) is 5.91 Å². The molecule has 0 atom stereocenters. The Morgan fingerprint density at radius 3 is 2.71 bits per heavy atom. The minimum Gasteiger partial charge on any atom is -0.352 e. The third-order valence-electron chi connectivity index (χ3n) is 6.60. The molecule has 0 spiro atoms. The fraction of sp³-hybridized carbons (Fsp3) is 0.296. The molecule has 0 unspecified atom stereocenters. The fourth-order valence-corrected chi connectivity index (χ4v) is 4.76. The van der Waals surface area contributed by atoms with Gasteiger partial charge in [0.15, 0.2) is 11.5 Å². The van der Waals surface area contributed by atoms with Gasteiger partial charge in [-0.2, -0.15) is 0 Å². The molecule has 7 nitrogen and oxygen atoms in total. The third kappa shape index (κ3) is 5.31. The van der Waals surface area contributed by atoms with Crippen molar-refractivity contribution < 1.29 is 4.79 Å². The summed E-state index contributed by atoms with van der Waals surface area (Å²) in [6, 6.07) is 13.4. The van der Waals surface area contributed by atoms with Crippen molar-refractivity contribution in [3.63, 3.8) is 0 Å². The summed E-state index contributed by atoms with van der Waals surface area (Å²) >= 11 is 6.04. The van der Waals surface area contributed by atoms with Gasteiger partial charge in [-0.15, -0.1) is 0 Å². The zero-order valence-corrected chi connectivity index (χ0v) is 20.5. The Labute approximate surface area is 209 Å². The number of rotatable bonds is 7. The fourth-order valence-electron chi connectivity index (χ4n) is 4.63. The summed E-state index contributed by atoms with van der Waals surface area (Å²) in [7, 11) is 0. The number of benzene rings is 2. The second kappa shape index (κ2) is 10.5. The predicted octanol–water partition coefficient (Wildman–Crippen LogP) is 5.22. The van der Waals surface area contributed by atoms with Crippen molar-refractivity contribution in [2.75, 3.05) is 25.0 Å². The average molecular weight is 489 g/mol. The van der Waals surface area contributed by atoms with E-state index >= 15 is 0 Å². The highest BCUT2D eigenvalue weighted by molar-refractivity contribution is 6.30. The van der Waals surface area contributed by atoms with Gasteiger partial charge in [0.1, 0.15) is 0 Å². The summed E-state index contributed by atoms with van der Waals surface area (Å²) < 4.78 is 2.00. The highest BCUT2D eigenvalue weighted by atomic mass is 35.5. The lowest BCUT2D eigenvalue weighted by Crippen LogP contribution is -2.31. The van der Waals surface area contributed by atoms with Crippen LogP contribution in [0.15, 0.2) is 61.1 Å². The van der Waals surface area contributed by atoms with Crippen LogP contribution in [-0.4, -0.2) is 39.9 Å². The molecule has 35 heavy (non-hydrogen) atoms. The smallest absolute Gasteiger partial charge is 0.251 e. The van der Waals surface area contributed by atoms with Crippen molar-refractivity contribution in [2.24, 2.45) is 5.92 Å². The van der Waals surface area contributed by atoms with Crippen molar-refractivity contribution >= 4 is 34.7 Å². The molecule has 0 bridgehead atoms. The topological polar surface area (TPSA) is 83.3 Å². The molecule has 4 aromatic rings. The number of hydrogen-bond donors (Lipinski definition) is 3. The van der Waals surface area contributed by atoms with Crippen molar-refractivity contribution in [3.8, 4) is 11.3 Å². The van der Waals surface area contributed by atoms with Crippen LogP contribution in [0, 0.1) is 12.8 Å². The van der Waals surface area contributed by atoms with E-state index in [0.717, 1.165) is 47.7 Å². The van der Waals surface area contributed by atoms with Gasteiger partial charge in [-0.1, -0.05) is 23.7 Å². The largest absolute Gasteiger partial charge is 0.352 e. The minimum absolute atomic E-state index is 0.0240. The van der Waals surface area contributed by atoms with Gasteiger partial charge < -0.3 is 16.0 Å². The first-order valence-electron chi connectivity index (χ1n) is 12.0. The molecule has 0 aliphatic carbocycles. The Morgan fingerprint density at radius 2 is 1.94 bits per heavy atom. The molecule has 5 rings (SSSR count). The maximum Gasteiger partial charge on any atom is 0.251 e. The van der Waals surface area contributed by atoms with E-state index in [2.05, 4.69) is 25.9 Å². The number of halogens is 1. The number of hydrogen-bond acceptors (Lipinski definition) is 5. The molecular weight excluding hydrogens is 460 g/mol. The predicted molar refractivity (Wildman–Crippen MR) is 140 cm³/mol. The number of carbonyl (C=O) groups excluding carboxylic acids is 1. The number of aromatic nitrogens is 3. The van der Waals surface area contributed by atoms with Crippen molar-refractivity contribution in [2.45, 2.75) is 26.2 Å². The second-order valence-corrected chi connectivity index (χ2v) is 9.45. The SMILES string of the molecule is Cc1cc(Nc2nccn3c(-c4ccc(Cl)cc4)cnc23)ccc1C(=O)NCCC1CCNCC1. The number of piperidine rings is 1. The molecule has 2 aromatic carbocycles. The maximum absolute atomic E-state index is 12.7. The molecule has 1 amide bonds. The van der Waals surface area contributed by atoms with Gasteiger partial charge in [-0.05, 0) is 81.1 Å². The zero-order valence-electron chi connectivity index (χ0n) is 19.7. The lowest BCUT2D eigenvalue weighted by molar-refractivity contribution is 0.0950. The first-order valence-corrected chi connectivity index (χ1v) is 12.4. The van der Waals surface area contributed by atoms with E-state index in [1.54, 1.807) is 6.20 Å². The quantitative estimate of drug-likeness (QED) is 0.332. The van der Waals surface area contributed by atoms with Gasteiger partial charge >= 0.3 is 0 Å². The van der Waals surface area contributed by atoms with Crippen LogP contribution in [0.5, 0.6) is 0 Å². The first kappa shape index (κ1) is 23.3. The van der Waals surface area contributed by atoms with Crippen LogP contribution in [0.1, 0.15) is 35.2 Å². The highest BCUT2D eigenvalue weighted by Gasteiger charge is 2.15. The molecule has 8 heteroatoms. The highest BCUT2D eigenvalue weighted by Crippen LogP contribution is 2.27. The van der Waals surface area contributed by atoms with Gasteiger partial charge in [0, 0.05) is 40.8 Å². The Kier molecular flexibility index (Phi) is 6.97. The van der Waals surface area contributed by atoms with Crippen LogP contribution in [0.3, 0.4) is 0 Å². The van der Waals surface area contributed by atoms with E-state index in [1.165, 1.54) is 12.8 Å². The minimum atomic E-state index is -0.0240. The number of nitrogens with zero attached hydrogens (tertiary/aromatic N) is 3. The summed E-state index contributed by atoms with van der Waals surface area (Å²) in [6.07, 6.45) is 8.87. The standard InChI is InChI=1S/C27H29ClN6O/c1-18-16-22(6-7-23(18)27(35)31-13-10-19-8-11-29-12-9-19)33-25-26-32-17-24(34(26)15-14-30-25)20-2-4-21(28)5-3-20/h2-7,14-17,19,29H,8-13H2,1H3,(H,30,33)(H,31,35). The Hall–Kier alpha value is -3.42. The first-order chi connectivity index (χ1) is 17.1. The summed E-state index contributed by atoms with van der Waals surface area (Å²) in [4.78, 5) is 21.8. The monoisotopic (exact) mass is 488 g/mol. The summed E-state index contributed by atoms with van der Waals surface area (Å²) in [5.41, 5.74) is 5.14. The number of fused-ring (bicyclic) bond motifs is 1. The van der Waals surface area contributed by atoms with Crippen LogP contribution < -0.4 is 16.0 Å². The van der Waals surface area contributed by atoms with E-state index in [9.17, 15) is 4.79 Å². The zero-order chi connectivity index (χ0) is 24.2. The molecule has 0 radical (unpaired) electrons. The number of amides is 1. The Morgan fingerprint density at radius 1 is 1.14 bits per heavy atom. The Bertz CT molecular complexity index is 1330. The summed E-state index contributed by atoms with van der Waals surface area (Å²) in [6.45, 7) is 4.83. The van der Waals surface area contributed by atoms with E-state index in [4.69, 9.17) is 11.6 Å². The molecule has 1 fully saturated rings. The van der Waals surface area contributed by atoms with Crippen LogP contribution in [0.2, 0.25) is 5.02 Å². The van der Waals surface area contributed by atoms with Crippen molar-refractivity contribution in [1.82, 2.24) is 25.0 Å². The molecule has 3 N–H and O–H groups in total. The summed E-state index contributed by atoms with van der Waals surface area (Å²) in [5.74, 6) is 1.32. The molecular formula is C27H29ClN6O. The third-order valence-corrected chi connectivity index (χ3v) is 6.85. The van der Waals surface area contributed by atoms with Crippen molar-refractivity contribution in [3.05, 3.63) is 77.2 Å². The molecule has 0 saturated carbocycles. The van der Waals surface area contributed by atoms with Crippen LogP contribution in [0.4, 0.5) is 11.5 Å². The number of carbonyl (C=O) groups is 1. The van der Waals surface area contributed by atoms with Gasteiger partial charge in [-0.3, -0.25) is 9.20 Å². The molecule has 2 aromatic heterocycles. The molecule has 3 heterocycles. The molecule has 1 saturated heterocycles. The van der Waals surface area contributed by atoms with E-state index in [-0.39, 0.29) is 5.91 Å². The van der Waals surface area contributed by atoms with E-state index in [0.29, 0.717) is 28.9 Å². The molecule has 1 aliphatic heterocycles. The normalized spacial score (nSPS) is 14.2. The van der Waals surface area contributed by atoms with Crippen LogP contribution >= 0.6 is 11.6 Å². The lowest BCUT2D eigenvalue weighted by atomic mass is 9.95. The number of anilines is 2. The maximum atomic E-state index is 12.7. The number of imidazole rings is 1. The number of nitrogens with one attached hydrogen (secondary N) is 3. The summed E-state index contributed by atoms with van der Waals surface area (Å²) in [5, 5.41) is 10.5. The van der Waals surface area contributed by atoms with Gasteiger partial charge in [-0.25, -0.2) is 9.97 Å². The number of aryl methyl sites for hydroxylation is 1. The van der Waals surface area contributed by atoms with E-state index in [1.807, 2.05) is 66.2 Å². The van der Waals surface area contributed by atoms with Crippen molar-refractivity contribution in [1.29, 1.82) is 0 Å². The van der Waals surface area contributed by atoms with Crippen LogP contribution in [0.25, 0.3) is 16.9 Å². The lowest BCUT2D eigenvalue weighted by Gasteiger charge is -2.22. The van der Waals surface area contributed by atoms with E-state index < -0.39 is 0 Å². The Balaban J connectivity index is 1.28. The van der Waals surface area contributed by atoms with Gasteiger partial charge in [0.2, 0.25) is 0 Å².